The lowest BCUT2D eigenvalue weighted by Gasteiger charge is -2.29. The van der Waals surface area contributed by atoms with Crippen molar-refractivity contribution < 1.29 is 4.74 Å². The van der Waals surface area contributed by atoms with Gasteiger partial charge in [-0.3, -0.25) is 0 Å². The van der Waals surface area contributed by atoms with Crippen molar-refractivity contribution in [3.8, 4) is 5.75 Å². The molecule has 1 saturated carbocycles. The molecule has 0 aliphatic heterocycles. The van der Waals surface area contributed by atoms with E-state index in [9.17, 15) is 0 Å². The van der Waals surface area contributed by atoms with E-state index < -0.39 is 0 Å². The van der Waals surface area contributed by atoms with Crippen molar-refractivity contribution in [2.24, 2.45) is 5.92 Å². The van der Waals surface area contributed by atoms with Gasteiger partial charge < -0.3 is 10.1 Å². The standard InChI is InChI=1S/C15H22BrNO/c1-10-4-6-13(7-5-10)17-15-11(2)8-12(16)9-14(15)18-3/h8-10,13,17H,4-7H2,1-3H3. The first-order chi connectivity index (χ1) is 8.60. The maximum Gasteiger partial charge on any atom is 0.143 e. The van der Waals surface area contributed by atoms with E-state index in [1.807, 2.05) is 6.07 Å². The van der Waals surface area contributed by atoms with Crippen LogP contribution in [0.15, 0.2) is 16.6 Å². The van der Waals surface area contributed by atoms with E-state index in [2.05, 4.69) is 41.2 Å². The quantitative estimate of drug-likeness (QED) is 0.869. The molecule has 0 bridgehead atoms. The summed E-state index contributed by atoms with van der Waals surface area (Å²) in [6.07, 6.45) is 5.19. The summed E-state index contributed by atoms with van der Waals surface area (Å²) in [7, 11) is 1.73. The van der Waals surface area contributed by atoms with Crippen molar-refractivity contribution in [1.82, 2.24) is 0 Å². The highest BCUT2D eigenvalue weighted by molar-refractivity contribution is 9.10. The molecular weight excluding hydrogens is 290 g/mol. The Hall–Kier alpha value is -0.700. The van der Waals surface area contributed by atoms with Crippen LogP contribution in [0.4, 0.5) is 5.69 Å². The molecule has 100 valence electrons. The number of methoxy groups -OCH3 is 1. The second kappa shape index (κ2) is 5.96. The van der Waals surface area contributed by atoms with Crippen LogP contribution in [0.2, 0.25) is 0 Å². The number of nitrogens with one attached hydrogen (secondary N) is 1. The number of hydrogen-bond acceptors (Lipinski definition) is 2. The number of benzene rings is 1. The second-order valence-electron chi connectivity index (χ2n) is 5.40. The van der Waals surface area contributed by atoms with Gasteiger partial charge in [-0.15, -0.1) is 0 Å². The van der Waals surface area contributed by atoms with Crippen molar-refractivity contribution in [2.75, 3.05) is 12.4 Å². The fourth-order valence-electron chi connectivity index (χ4n) is 2.67. The first kappa shape index (κ1) is 13.7. The molecule has 1 N–H and O–H groups in total. The average Bonchev–Trinajstić information content (AvgIpc) is 2.34. The Morgan fingerprint density at radius 3 is 2.50 bits per heavy atom. The molecule has 0 spiro atoms. The molecule has 1 aliphatic rings. The predicted molar refractivity (Wildman–Crippen MR) is 80.5 cm³/mol. The van der Waals surface area contributed by atoms with Crippen LogP contribution < -0.4 is 10.1 Å². The highest BCUT2D eigenvalue weighted by Crippen LogP contribution is 2.35. The highest BCUT2D eigenvalue weighted by atomic mass is 79.9. The minimum absolute atomic E-state index is 0.593. The number of aryl methyl sites for hydroxylation is 1. The molecule has 0 atom stereocenters. The minimum Gasteiger partial charge on any atom is -0.495 e. The van der Waals surface area contributed by atoms with Gasteiger partial charge in [0, 0.05) is 10.5 Å². The maximum absolute atomic E-state index is 5.48. The van der Waals surface area contributed by atoms with Crippen molar-refractivity contribution >= 4 is 21.6 Å². The molecular formula is C15H22BrNO. The molecule has 0 heterocycles. The fraction of sp³-hybridized carbons (Fsp3) is 0.600. The Labute approximate surface area is 118 Å². The van der Waals surface area contributed by atoms with E-state index in [0.29, 0.717) is 6.04 Å². The Morgan fingerprint density at radius 2 is 1.89 bits per heavy atom. The Bertz CT molecular complexity index is 411. The van der Waals surface area contributed by atoms with E-state index >= 15 is 0 Å². The Morgan fingerprint density at radius 1 is 1.22 bits per heavy atom. The van der Waals surface area contributed by atoms with Crippen LogP contribution in [0.3, 0.4) is 0 Å². The van der Waals surface area contributed by atoms with Gasteiger partial charge in [-0.2, -0.15) is 0 Å². The number of ether oxygens (including phenoxy) is 1. The SMILES string of the molecule is COc1cc(Br)cc(C)c1NC1CCC(C)CC1. The first-order valence-corrected chi connectivity index (χ1v) is 7.50. The molecule has 1 aliphatic carbocycles. The smallest absolute Gasteiger partial charge is 0.143 e. The Balaban J connectivity index is 2.13. The van der Waals surface area contributed by atoms with Gasteiger partial charge in [0.05, 0.1) is 12.8 Å². The van der Waals surface area contributed by atoms with Gasteiger partial charge in [0.15, 0.2) is 0 Å². The topological polar surface area (TPSA) is 21.3 Å². The summed E-state index contributed by atoms with van der Waals surface area (Å²) in [5, 5.41) is 3.67. The molecule has 0 saturated heterocycles. The van der Waals surface area contributed by atoms with E-state index in [0.717, 1.165) is 21.8 Å². The molecule has 0 unspecified atom stereocenters. The zero-order valence-corrected chi connectivity index (χ0v) is 13.0. The molecule has 0 radical (unpaired) electrons. The summed E-state index contributed by atoms with van der Waals surface area (Å²) in [5.74, 6) is 1.82. The summed E-state index contributed by atoms with van der Waals surface area (Å²) in [6, 6.07) is 4.76. The van der Waals surface area contributed by atoms with Crippen LogP contribution in [0.1, 0.15) is 38.2 Å². The van der Waals surface area contributed by atoms with E-state index in [4.69, 9.17) is 4.74 Å². The molecule has 2 rings (SSSR count). The van der Waals surface area contributed by atoms with E-state index in [1.165, 1.54) is 31.2 Å². The van der Waals surface area contributed by atoms with Crippen LogP contribution in [-0.4, -0.2) is 13.2 Å². The zero-order chi connectivity index (χ0) is 13.1. The summed E-state index contributed by atoms with van der Waals surface area (Å²) in [5.41, 5.74) is 2.39. The molecule has 18 heavy (non-hydrogen) atoms. The van der Waals surface area contributed by atoms with Crippen LogP contribution in [0.5, 0.6) is 5.75 Å². The van der Waals surface area contributed by atoms with Gasteiger partial charge in [-0.1, -0.05) is 22.9 Å². The molecule has 1 fully saturated rings. The maximum atomic E-state index is 5.48. The summed E-state index contributed by atoms with van der Waals surface area (Å²) in [6.45, 7) is 4.47. The Kier molecular flexibility index (Phi) is 4.55. The van der Waals surface area contributed by atoms with Crippen LogP contribution >= 0.6 is 15.9 Å². The number of hydrogen-bond donors (Lipinski definition) is 1. The molecule has 2 nitrogen and oxygen atoms in total. The van der Waals surface area contributed by atoms with Crippen molar-refractivity contribution in [1.29, 1.82) is 0 Å². The third kappa shape index (κ3) is 3.19. The van der Waals surface area contributed by atoms with E-state index in [-0.39, 0.29) is 0 Å². The summed E-state index contributed by atoms with van der Waals surface area (Å²) < 4.78 is 6.55. The average molecular weight is 312 g/mol. The molecule has 3 heteroatoms. The van der Waals surface area contributed by atoms with Crippen LogP contribution in [-0.2, 0) is 0 Å². The lowest BCUT2D eigenvalue weighted by molar-refractivity contribution is 0.359. The third-order valence-corrected chi connectivity index (χ3v) is 4.31. The largest absolute Gasteiger partial charge is 0.495 e. The van der Waals surface area contributed by atoms with Crippen molar-refractivity contribution in [3.05, 3.63) is 22.2 Å². The lowest BCUT2D eigenvalue weighted by Crippen LogP contribution is -2.25. The van der Waals surface area contributed by atoms with Gasteiger partial charge in [0.2, 0.25) is 0 Å². The number of rotatable bonds is 3. The summed E-state index contributed by atoms with van der Waals surface area (Å²) >= 11 is 3.51. The van der Waals surface area contributed by atoms with Crippen molar-refractivity contribution in [2.45, 2.75) is 45.6 Å². The van der Waals surface area contributed by atoms with Gasteiger partial charge in [0.1, 0.15) is 5.75 Å². The second-order valence-corrected chi connectivity index (χ2v) is 6.32. The number of anilines is 1. The lowest BCUT2D eigenvalue weighted by atomic mass is 9.87. The molecule has 1 aromatic carbocycles. The van der Waals surface area contributed by atoms with Gasteiger partial charge in [-0.05, 0) is 56.2 Å². The van der Waals surface area contributed by atoms with E-state index in [1.54, 1.807) is 7.11 Å². The van der Waals surface area contributed by atoms with Crippen LogP contribution in [0.25, 0.3) is 0 Å². The zero-order valence-electron chi connectivity index (χ0n) is 11.4. The number of halogens is 1. The third-order valence-electron chi connectivity index (χ3n) is 3.85. The molecule has 1 aromatic rings. The van der Waals surface area contributed by atoms with Crippen molar-refractivity contribution in [3.63, 3.8) is 0 Å². The van der Waals surface area contributed by atoms with Gasteiger partial charge in [-0.25, -0.2) is 0 Å². The molecule has 0 aromatic heterocycles. The monoisotopic (exact) mass is 311 g/mol. The fourth-order valence-corrected chi connectivity index (χ4v) is 3.22. The highest BCUT2D eigenvalue weighted by Gasteiger charge is 2.20. The van der Waals surface area contributed by atoms with Crippen LogP contribution in [0, 0.1) is 12.8 Å². The van der Waals surface area contributed by atoms with Gasteiger partial charge in [0.25, 0.3) is 0 Å². The summed E-state index contributed by atoms with van der Waals surface area (Å²) in [4.78, 5) is 0. The molecule has 0 amide bonds. The first-order valence-electron chi connectivity index (χ1n) is 6.71. The van der Waals surface area contributed by atoms with Gasteiger partial charge >= 0.3 is 0 Å². The minimum atomic E-state index is 0.593. The normalized spacial score (nSPS) is 23.8. The predicted octanol–water partition coefficient (Wildman–Crippen LogP) is 4.76.